The first-order valence-electron chi connectivity index (χ1n) is 6.29. The summed E-state index contributed by atoms with van der Waals surface area (Å²) in [5.74, 6) is 1.27. The number of hydrogen-bond donors (Lipinski definition) is 0. The minimum absolute atomic E-state index is 0.241. The summed E-state index contributed by atoms with van der Waals surface area (Å²) in [4.78, 5) is 11.2. The first kappa shape index (κ1) is 12.3. The lowest BCUT2D eigenvalue weighted by atomic mass is 10.1. The molecule has 1 fully saturated rings. The molecule has 4 nitrogen and oxygen atoms in total. The van der Waals surface area contributed by atoms with Crippen molar-refractivity contribution in [2.45, 2.75) is 45.8 Å². The van der Waals surface area contributed by atoms with Gasteiger partial charge in [-0.1, -0.05) is 13.8 Å². The molecule has 2 unspecified atom stereocenters. The average Bonchev–Trinajstić information content (AvgIpc) is 2.28. The van der Waals surface area contributed by atoms with E-state index in [1.165, 1.54) is 0 Å². The van der Waals surface area contributed by atoms with E-state index in [1.807, 2.05) is 12.3 Å². The van der Waals surface area contributed by atoms with Gasteiger partial charge in [0.25, 0.3) is 0 Å². The number of hydrogen-bond acceptors (Lipinski definition) is 4. The van der Waals surface area contributed by atoms with Gasteiger partial charge in [0.1, 0.15) is 0 Å². The number of aromatic nitrogens is 2. The molecule has 2 rings (SSSR count). The van der Waals surface area contributed by atoms with E-state index in [-0.39, 0.29) is 12.2 Å². The smallest absolute Gasteiger partial charge is 0.225 e. The highest BCUT2D eigenvalue weighted by Gasteiger charge is 2.24. The maximum Gasteiger partial charge on any atom is 0.225 e. The van der Waals surface area contributed by atoms with E-state index >= 15 is 0 Å². The third-order valence-electron chi connectivity index (χ3n) is 2.96. The van der Waals surface area contributed by atoms with Gasteiger partial charge in [-0.2, -0.15) is 0 Å². The zero-order valence-corrected chi connectivity index (χ0v) is 11.1. The predicted molar refractivity (Wildman–Crippen MR) is 68.3 cm³/mol. The van der Waals surface area contributed by atoms with Gasteiger partial charge in [-0.15, -0.1) is 0 Å². The fourth-order valence-corrected chi connectivity index (χ4v) is 2.18. The molecule has 0 radical (unpaired) electrons. The lowest BCUT2D eigenvalue weighted by molar-refractivity contribution is -0.00573. The van der Waals surface area contributed by atoms with Crippen molar-refractivity contribution in [3.8, 4) is 0 Å². The molecular formula is C13H21N3O. The van der Waals surface area contributed by atoms with Gasteiger partial charge in [0.05, 0.1) is 12.2 Å². The molecule has 0 amide bonds. The first-order chi connectivity index (χ1) is 8.06. The molecule has 0 aliphatic carbocycles. The number of ether oxygens (including phenoxy) is 1. The molecule has 1 aliphatic rings. The van der Waals surface area contributed by atoms with Gasteiger partial charge < -0.3 is 9.64 Å². The molecule has 2 atom stereocenters. The molecule has 1 aromatic rings. The average molecular weight is 235 g/mol. The Bertz CT molecular complexity index is 371. The zero-order valence-electron chi connectivity index (χ0n) is 11.1. The van der Waals surface area contributed by atoms with Crippen LogP contribution in [0.2, 0.25) is 0 Å². The molecule has 0 aromatic carbocycles. The van der Waals surface area contributed by atoms with Crippen molar-refractivity contribution in [2.75, 3.05) is 18.0 Å². The normalized spacial score (nSPS) is 25.4. The van der Waals surface area contributed by atoms with E-state index in [9.17, 15) is 0 Å². The van der Waals surface area contributed by atoms with Crippen molar-refractivity contribution in [1.82, 2.24) is 9.97 Å². The van der Waals surface area contributed by atoms with Crippen molar-refractivity contribution in [2.24, 2.45) is 0 Å². The van der Waals surface area contributed by atoms with Crippen LogP contribution in [-0.2, 0) is 4.74 Å². The number of anilines is 1. The zero-order chi connectivity index (χ0) is 12.4. The molecular weight excluding hydrogens is 214 g/mol. The summed E-state index contributed by atoms with van der Waals surface area (Å²) in [6.07, 6.45) is 2.33. The molecule has 17 heavy (non-hydrogen) atoms. The molecule has 4 heteroatoms. The maximum absolute atomic E-state index is 5.72. The molecule has 1 aliphatic heterocycles. The second-order valence-electron chi connectivity index (χ2n) is 5.10. The number of nitrogens with zero attached hydrogens (tertiary/aromatic N) is 3. The monoisotopic (exact) mass is 235 g/mol. The molecule has 0 spiro atoms. The largest absolute Gasteiger partial charge is 0.372 e. The summed E-state index contributed by atoms with van der Waals surface area (Å²) >= 11 is 0. The molecule has 1 aromatic heterocycles. The Morgan fingerprint density at radius 1 is 1.29 bits per heavy atom. The fraction of sp³-hybridized carbons (Fsp3) is 0.692. The van der Waals surface area contributed by atoms with E-state index in [0.29, 0.717) is 5.92 Å². The summed E-state index contributed by atoms with van der Waals surface area (Å²) < 4.78 is 5.72. The van der Waals surface area contributed by atoms with Crippen molar-refractivity contribution in [3.63, 3.8) is 0 Å². The van der Waals surface area contributed by atoms with Crippen molar-refractivity contribution >= 4 is 5.95 Å². The Hall–Kier alpha value is -1.16. The summed E-state index contributed by atoms with van der Waals surface area (Å²) in [6, 6.07) is 1.99. The van der Waals surface area contributed by atoms with Gasteiger partial charge in [0, 0.05) is 25.0 Å². The van der Waals surface area contributed by atoms with Crippen LogP contribution in [0.4, 0.5) is 5.95 Å². The lowest BCUT2D eigenvalue weighted by Crippen LogP contribution is -2.46. The van der Waals surface area contributed by atoms with E-state index in [2.05, 4.69) is 42.6 Å². The van der Waals surface area contributed by atoms with E-state index in [4.69, 9.17) is 4.74 Å². The van der Waals surface area contributed by atoms with E-state index < -0.39 is 0 Å². The highest BCUT2D eigenvalue weighted by Crippen LogP contribution is 2.18. The van der Waals surface area contributed by atoms with Gasteiger partial charge in [-0.3, -0.25) is 0 Å². The van der Waals surface area contributed by atoms with Crippen LogP contribution in [0.1, 0.15) is 39.3 Å². The Labute approximate surface area is 103 Å². The third kappa shape index (κ3) is 2.94. The Morgan fingerprint density at radius 2 is 1.94 bits per heavy atom. The van der Waals surface area contributed by atoms with Gasteiger partial charge in [-0.05, 0) is 25.8 Å². The minimum atomic E-state index is 0.241. The third-order valence-corrected chi connectivity index (χ3v) is 2.96. The second-order valence-corrected chi connectivity index (χ2v) is 5.10. The summed E-state index contributed by atoms with van der Waals surface area (Å²) in [5, 5.41) is 0. The topological polar surface area (TPSA) is 38.2 Å². The van der Waals surface area contributed by atoms with Crippen molar-refractivity contribution in [3.05, 3.63) is 18.0 Å². The SMILES string of the molecule is CC1CN(c2nccc(C(C)C)n2)CC(C)O1. The number of morpholine rings is 1. The van der Waals surface area contributed by atoms with Crippen LogP contribution in [0.15, 0.2) is 12.3 Å². The molecule has 2 heterocycles. The van der Waals surface area contributed by atoms with Crippen LogP contribution >= 0.6 is 0 Å². The van der Waals surface area contributed by atoms with Crippen molar-refractivity contribution < 1.29 is 4.74 Å². The molecule has 0 saturated carbocycles. The summed E-state index contributed by atoms with van der Waals surface area (Å²) in [5.41, 5.74) is 1.10. The van der Waals surface area contributed by atoms with Crippen LogP contribution in [0.5, 0.6) is 0 Å². The molecule has 0 N–H and O–H groups in total. The lowest BCUT2D eigenvalue weighted by Gasteiger charge is -2.35. The quantitative estimate of drug-likeness (QED) is 0.787. The standard InChI is InChI=1S/C13H21N3O/c1-9(2)12-5-6-14-13(15-12)16-7-10(3)17-11(4)8-16/h5-6,9-11H,7-8H2,1-4H3. The summed E-state index contributed by atoms with van der Waals surface area (Å²) in [6.45, 7) is 10.2. The van der Waals surface area contributed by atoms with Crippen molar-refractivity contribution in [1.29, 1.82) is 0 Å². The highest BCUT2D eigenvalue weighted by atomic mass is 16.5. The summed E-state index contributed by atoms with van der Waals surface area (Å²) in [7, 11) is 0. The maximum atomic E-state index is 5.72. The Balaban J connectivity index is 2.18. The first-order valence-corrected chi connectivity index (χ1v) is 6.29. The molecule has 94 valence electrons. The van der Waals surface area contributed by atoms with E-state index in [0.717, 1.165) is 24.7 Å². The molecule has 1 saturated heterocycles. The van der Waals surface area contributed by atoms with Gasteiger partial charge in [0.2, 0.25) is 5.95 Å². The van der Waals surface area contributed by atoms with Gasteiger partial charge >= 0.3 is 0 Å². The minimum Gasteiger partial charge on any atom is -0.372 e. The number of rotatable bonds is 2. The highest BCUT2D eigenvalue weighted by molar-refractivity contribution is 5.32. The molecule has 0 bridgehead atoms. The van der Waals surface area contributed by atoms with Gasteiger partial charge in [-0.25, -0.2) is 9.97 Å². The van der Waals surface area contributed by atoms with Crippen LogP contribution < -0.4 is 4.90 Å². The fourth-order valence-electron chi connectivity index (χ4n) is 2.18. The van der Waals surface area contributed by atoms with Crippen LogP contribution in [0, 0.1) is 0 Å². The second kappa shape index (κ2) is 5.00. The van der Waals surface area contributed by atoms with Crippen LogP contribution in [-0.4, -0.2) is 35.3 Å². The van der Waals surface area contributed by atoms with Gasteiger partial charge in [0.15, 0.2) is 0 Å². The van der Waals surface area contributed by atoms with E-state index in [1.54, 1.807) is 0 Å². The Morgan fingerprint density at radius 3 is 2.53 bits per heavy atom. The van der Waals surface area contributed by atoms with Crippen LogP contribution in [0.3, 0.4) is 0 Å². The van der Waals surface area contributed by atoms with Crippen LogP contribution in [0.25, 0.3) is 0 Å². The predicted octanol–water partition coefficient (Wildman–Crippen LogP) is 2.21. The Kier molecular flexibility index (Phi) is 3.62.